The highest BCUT2D eigenvalue weighted by Crippen LogP contribution is 2.35. The molecule has 3 atom stereocenters. The largest absolute Gasteiger partial charge is 0.460 e. The molecule has 0 N–H and O–H groups in total. The Morgan fingerprint density at radius 2 is 2.17 bits per heavy atom. The number of hydrogen-bond acceptors (Lipinski definition) is 2. The number of rotatable bonds is 3. The van der Waals surface area contributed by atoms with Crippen LogP contribution >= 0.6 is 15.9 Å². The van der Waals surface area contributed by atoms with Crippen molar-refractivity contribution in [1.29, 1.82) is 0 Å². The molecule has 1 heterocycles. The van der Waals surface area contributed by atoms with E-state index in [0.717, 1.165) is 6.42 Å². The molecule has 0 aromatic carbocycles. The first-order chi connectivity index (χ1) is 5.57. The van der Waals surface area contributed by atoms with Crippen LogP contribution in [0.5, 0.6) is 0 Å². The molecule has 0 radical (unpaired) electrons. The first kappa shape index (κ1) is 10.0. The van der Waals surface area contributed by atoms with Crippen molar-refractivity contribution in [2.75, 3.05) is 0 Å². The fraction of sp³-hybridized carbons (Fsp3) is 0.889. The number of halogens is 1. The summed E-state index contributed by atoms with van der Waals surface area (Å²) in [7, 11) is 0. The van der Waals surface area contributed by atoms with Crippen LogP contribution in [-0.4, -0.2) is 16.9 Å². The minimum absolute atomic E-state index is 0.0344. The molecule has 0 amide bonds. The topological polar surface area (TPSA) is 26.3 Å². The lowest BCUT2D eigenvalue weighted by Crippen LogP contribution is -2.52. The molecule has 0 spiro atoms. The van der Waals surface area contributed by atoms with Crippen LogP contribution in [0.2, 0.25) is 0 Å². The van der Waals surface area contributed by atoms with Gasteiger partial charge in [-0.05, 0) is 12.3 Å². The van der Waals surface area contributed by atoms with Crippen molar-refractivity contribution in [3.8, 4) is 0 Å². The second-order valence-corrected chi connectivity index (χ2v) is 4.77. The van der Waals surface area contributed by atoms with Crippen molar-refractivity contribution in [1.82, 2.24) is 0 Å². The summed E-state index contributed by atoms with van der Waals surface area (Å²) in [6.45, 7) is 6.21. The Balaban J connectivity index is 2.53. The van der Waals surface area contributed by atoms with Crippen molar-refractivity contribution < 1.29 is 9.53 Å². The molecular weight excluding hydrogens is 220 g/mol. The molecule has 12 heavy (non-hydrogen) atoms. The average Bonchev–Trinajstić information content (AvgIpc) is 1.97. The van der Waals surface area contributed by atoms with Crippen LogP contribution in [0.15, 0.2) is 0 Å². The van der Waals surface area contributed by atoms with Gasteiger partial charge in [0.15, 0.2) is 0 Å². The highest BCUT2D eigenvalue weighted by Gasteiger charge is 2.47. The maximum Gasteiger partial charge on any atom is 0.313 e. The summed E-state index contributed by atoms with van der Waals surface area (Å²) in [4.78, 5) is 11.4. The number of ether oxygens (including phenoxy) is 1. The normalized spacial score (nSPS) is 31.2. The standard InChI is InChI=1S/C9H15BrO2/c1-4-6(10)8-7(5(2)3)9(11)12-8/h5-8H,4H2,1-3H3. The molecule has 3 unspecified atom stereocenters. The number of esters is 1. The zero-order chi connectivity index (χ0) is 9.30. The van der Waals surface area contributed by atoms with Crippen LogP contribution in [-0.2, 0) is 9.53 Å². The number of cyclic esters (lactones) is 1. The van der Waals surface area contributed by atoms with Gasteiger partial charge in [-0.3, -0.25) is 4.79 Å². The Labute approximate surface area is 81.8 Å². The Kier molecular flexibility index (Phi) is 3.16. The van der Waals surface area contributed by atoms with Gasteiger partial charge in [-0.25, -0.2) is 0 Å². The molecule has 0 saturated carbocycles. The fourth-order valence-corrected chi connectivity index (χ4v) is 1.97. The minimum atomic E-state index is -0.0344. The molecule has 1 rings (SSSR count). The molecule has 0 aliphatic carbocycles. The second kappa shape index (κ2) is 3.77. The lowest BCUT2D eigenvalue weighted by molar-refractivity contribution is -0.188. The van der Waals surface area contributed by atoms with Gasteiger partial charge < -0.3 is 4.74 Å². The first-order valence-electron chi connectivity index (χ1n) is 4.42. The van der Waals surface area contributed by atoms with E-state index in [1.807, 2.05) is 0 Å². The molecule has 1 saturated heterocycles. The summed E-state index contributed by atoms with van der Waals surface area (Å²) in [5.74, 6) is 0.463. The van der Waals surface area contributed by atoms with Crippen molar-refractivity contribution >= 4 is 21.9 Å². The number of alkyl halides is 1. The van der Waals surface area contributed by atoms with Crippen LogP contribution in [0.1, 0.15) is 27.2 Å². The van der Waals surface area contributed by atoms with Crippen LogP contribution in [0.25, 0.3) is 0 Å². The van der Waals surface area contributed by atoms with Crippen molar-refractivity contribution in [3.05, 3.63) is 0 Å². The molecule has 0 bridgehead atoms. The fourth-order valence-electron chi connectivity index (χ4n) is 1.53. The summed E-state index contributed by atoms with van der Waals surface area (Å²) < 4.78 is 5.08. The lowest BCUT2D eigenvalue weighted by atomic mass is 9.84. The summed E-state index contributed by atoms with van der Waals surface area (Å²) in [6, 6.07) is 0. The van der Waals surface area contributed by atoms with E-state index in [4.69, 9.17) is 4.74 Å². The quantitative estimate of drug-likeness (QED) is 0.554. The van der Waals surface area contributed by atoms with Gasteiger partial charge in [-0.15, -0.1) is 0 Å². The van der Waals surface area contributed by atoms with E-state index in [2.05, 4.69) is 36.7 Å². The lowest BCUT2D eigenvalue weighted by Gasteiger charge is -2.40. The predicted octanol–water partition coefficient (Wildman–Crippen LogP) is 2.36. The van der Waals surface area contributed by atoms with E-state index in [-0.39, 0.29) is 18.0 Å². The van der Waals surface area contributed by atoms with E-state index in [1.165, 1.54) is 0 Å². The summed E-state index contributed by atoms with van der Waals surface area (Å²) in [5.41, 5.74) is 0. The second-order valence-electron chi connectivity index (χ2n) is 3.60. The van der Waals surface area contributed by atoms with E-state index in [0.29, 0.717) is 10.7 Å². The zero-order valence-corrected chi connectivity index (χ0v) is 9.30. The van der Waals surface area contributed by atoms with Gasteiger partial charge in [-0.2, -0.15) is 0 Å². The van der Waals surface area contributed by atoms with Gasteiger partial charge in [0.1, 0.15) is 6.10 Å². The van der Waals surface area contributed by atoms with Crippen molar-refractivity contribution in [2.45, 2.75) is 38.1 Å². The summed E-state index contributed by atoms with van der Waals surface area (Å²) >= 11 is 3.51. The third kappa shape index (κ3) is 1.65. The molecule has 3 heteroatoms. The highest BCUT2D eigenvalue weighted by atomic mass is 79.9. The van der Waals surface area contributed by atoms with Crippen LogP contribution in [0.4, 0.5) is 0 Å². The van der Waals surface area contributed by atoms with E-state index >= 15 is 0 Å². The van der Waals surface area contributed by atoms with Gasteiger partial charge in [0.2, 0.25) is 0 Å². The minimum Gasteiger partial charge on any atom is -0.460 e. The van der Waals surface area contributed by atoms with Crippen molar-refractivity contribution in [2.24, 2.45) is 11.8 Å². The number of carbonyl (C=O) groups is 1. The zero-order valence-electron chi connectivity index (χ0n) is 7.71. The summed E-state index contributed by atoms with van der Waals surface area (Å²) in [6.07, 6.45) is 1.10. The SMILES string of the molecule is CCC(Br)C1OC(=O)C1C(C)C. The van der Waals surface area contributed by atoms with Crippen LogP contribution in [0.3, 0.4) is 0 Å². The number of carbonyl (C=O) groups excluding carboxylic acids is 1. The van der Waals surface area contributed by atoms with E-state index < -0.39 is 0 Å². The average molecular weight is 235 g/mol. The smallest absolute Gasteiger partial charge is 0.313 e. The molecule has 1 aliphatic rings. The Morgan fingerprint density at radius 1 is 1.58 bits per heavy atom. The van der Waals surface area contributed by atoms with Crippen LogP contribution in [0, 0.1) is 11.8 Å². The highest BCUT2D eigenvalue weighted by molar-refractivity contribution is 9.09. The van der Waals surface area contributed by atoms with Gasteiger partial charge >= 0.3 is 5.97 Å². The number of hydrogen-bond donors (Lipinski definition) is 0. The van der Waals surface area contributed by atoms with E-state index in [1.54, 1.807) is 0 Å². The van der Waals surface area contributed by atoms with Gasteiger partial charge in [0.25, 0.3) is 0 Å². The Morgan fingerprint density at radius 3 is 2.50 bits per heavy atom. The Bertz CT molecular complexity index is 179. The maximum absolute atomic E-state index is 11.1. The Hall–Kier alpha value is -0.0500. The first-order valence-corrected chi connectivity index (χ1v) is 5.34. The van der Waals surface area contributed by atoms with Crippen LogP contribution < -0.4 is 0 Å². The summed E-state index contributed by atoms with van der Waals surface area (Å²) in [5, 5.41) is 0. The molecule has 1 aliphatic heterocycles. The third-order valence-corrected chi connectivity index (χ3v) is 3.51. The maximum atomic E-state index is 11.1. The molecule has 0 aromatic heterocycles. The molecule has 0 aromatic rings. The molecular formula is C9H15BrO2. The molecule has 2 nitrogen and oxygen atoms in total. The molecule has 1 fully saturated rings. The third-order valence-electron chi connectivity index (χ3n) is 2.34. The predicted molar refractivity (Wildman–Crippen MR) is 51.2 cm³/mol. The van der Waals surface area contributed by atoms with Crippen molar-refractivity contribution in [3.63, 3.8) is 0 Å². The van der Waals surface area contributed by atoms with Gasteiger partial charge in [0, 0.05) is 0 Å². The van der Waals surface area contributed by atoms with Gasteiger partial charge in [0.05, 0.1) is 10.7 Å². The van der Waals surface area contributed by atoms with E-state index in [9.17, 15) is 4.79 Å². The monoisotopic (exact) mass is 234 g/mol. The molecule has 70 valence electrons. The van der Waals surface area contributed by atoms with Gasteiger partial charge in [-0.1, -0.05) is 36.7 Å².